The molecule has 0 unspecified atom stereocenters. The molecule has 37 heavy (non-hydrogen) atoms. The number of H-pyrrole nitrogens is 1. The third-order valence-corrected chi connectivity index (χ3v) is 6.30. The molecule has 10 heteroatoms. The van der Waals surface area contributed by atoms with Crippen molar-refractivity contribution >= 4 is 5.84 Å². The van der Waals surface area contributed by atoms with Gasteiger partial charge in [-0.15, -0.1) is 0 Å². The second-order valence-electron chi connectivity index (χ2n) is 9.13. The Kier molecular flexibility index (Phi) is 7.85. The first-order valence-electron chi connectivity index (χ1n) is 12.1. The van der Waals surface area contributed by atoms with Crippen molar-refractivity contribution in [3.8, 4) is 28.1 Å². The van der Waals surface area contributed by atoms with Gasteiger partial charge in [0.1, 0.15) is 11.6 Å². The van der Waals surface area contributed by atoms with Crippen LogP contribution in [0.25, 0.3) is 22.4 Å². The van der Waals surface area contributed by atoms with E-state index in [0.717, 1.165) is 12.8 Å². The minimum atomic E-state index is -4.16. The minimum absolute atomic E-state index is 0.0224. The fraction of sp³-hybridized carbons (Fsp3) is 0.333. The monoisotopic (exact) mass is 516 g/mol. The highest BCUT2D eigenvalue weighted by molar-refractivity contribution is 6.03. The zero-order valence-corrected chi connectivity index (χ0v) is 20.1. The van der Waals surface area contributed by atoms with E-state index in [1.165, 1.54) is 17.7 Å². The smallest absolute Gasteiger partial charge is 0.389 e. The number of nitrogens with two attached hydrogens (primary N) is 2. The van der Waals surface area contributed by atoms with Crippen LogP contribution in [0.5, 0.6) is 5.75 Å². The largest absolute Gasteiger partial charge is 0.493 e. The highest BCUT2D eigenvalue weighted by Gasteiger charge is 2.26. The van der Waals surface area contributed by atoms with Crippen molar-refractivity contribution in [2.45, 2.75) is 50.6 Å². The highest BCUT2D eigenvalue weighted by atomic mass is 19.4. The summed E-state index contributed by atoms with van der Waals surface area (Å²) in [5.74, 6) is 5.38. The van der Waals surface area contributed by atoms with E-state index in [1.54, 1.807) is 12.1 Å². The van der Waals surface area contributed by atoms with Gasteiger partial charge in [-0.2, -0.15) is 18.3 Å². The SMILES string of the molecule is N/N=C(\N)c1c(-c2ccc(C3CC3)cc2)cc(-c2ccc(OCCCCCC(F)(F)F)cc2F)[nH]c1=O. The fourth-order valence-electron chi connectivity index (χ4n) is 4.20. The molecule has 1 aliphatic rings. The van der Waals surface area contributed by atoms with Gasteiger partial charge in [0, 0.05) is 23.6 Å². The standard InChI is InChI=1S/C27H28F4N4O2/c28-22-14-19(37-13-3-1-2-12-27(29,30)31)10-11-20(22)23-15-21(24(25(32)35-33)26(36)34-23)18-8-6-17(7-9-18)16-4-5-16/h6-11,14-16H,1-5,12-13,33H2,(H2,32,35)(H,34,36). The van der Waals surface area contributed by atoms with Crippen LogP contribution < -0.4 is 21.9 Å². The Morgan fingerprint density at radius 1 is 1.03 bits per heavy atom. The minimum Gasteiger partial charge on any atom is -0.493 e. The summed E-state index contributed by atoms with van der Waals surface area (Å²) in [5, 5.41) is 3.48. The Morgan fingerprint density at radius 2 is 1.76 bits per heavy atom. The first-order valence-corrected chi connectivity index (χ1v) is 12.1. The highest BCUT2D eigenvalue weighted by Crippen LogP contribution is 2.40. The van der Waals surface area contributed by atoms with Crippen LogP contribution in [0.15, 0.2) is 58.4 Å². The van der Waals surface area contributed by atoms with Crippen molar-refractivity contribution < 1.29 is 22.3 Å². The third kappa shape index (κ3) is 6.69. The van der Waals surface area contributed by atoms with Crippen LogP contribution in [0, 0.1) is 5.82 Å². The van der Waals surface area contributed by atoms with Crippen molar-refractivity contribution in [1.82, 2.24) is 4.98 Å². The van der Waals surface area contributed by atoms with Crippen molar-refractivity contribution in [1.29, 1.82) is 0 Å². The number of aromatic nitrogens is 1. The number of hydrazone groups is 1. The lowest BCUT2D eigenvalue weighted by molar-refractivity contribution is -0.135. The second kappa shape index (κ2) is 11.1. The zero-order chi connectivity index (χ0) is 26.6. The number of alkyl halides is 3. The first-order chi connectivity index (χ1) is 17.7. The third-order valence-electron chi connectivity index (χ3n) is 6.30. The topological polar surface area (TPSA) is 106 Å². The summed E-state index contributed by atoms with van der Waals surface area (Å²) in [6.07, 6.45) is -1.89. The van der Waals surface area contributed by atoms with E-state index in [-0.39, 0.29) is 41.4 Å². The Hall–Kier alpha value is -3.82. The number of nitrogens with zero attached hydrogens (tertiary/aromatic N) is 1. The van der Waals surface area contributed by atoms with Crippen LogP contribution in [-0.2, 0) is 0 Å². The second-order valence-corrected chi connectivity index (χ2v) is 9.13. The molecule has 1 heterocycles. The van der Waals surface area contributed by atoms with Gasteiger partial charge in [-0.25, -0.2) is 4.39 Å². The predicted molar refractivity (Wildman–Crippen MR) is 135 cm³/mol. The van der Waals surface area contributed by atoms with Gasteiger partial charge < -0.3 is 21.3 Å². The molecule has 1 fully saturated rings. The number of ether oxygens (including phenoxy) is 1. The number of amidine groups is 1. The van der Waals surface area contributed by atoms with Crippen LogP contribution >= 0.6 is 0 Å². The number of hydrogen-bond acceptors (Lipinski definition) is 4. The van der Waals surface area contributed by atoms with E-state index in [9.17, 15) is 18.0 Å². The number of benzene rings is 2. The van der Waals surface area contributed by atoms with Crippen molar-refractivity contribution in [3.05, 3.63) is 75.8 Å². The molecule has 0 spiro atoms. The van der Waals surface area contributed by atoms with Crippen LogP contribution in [0.4, 0.5) is 17.6 Å². The summed E-state index contributed by atoms with van der Waals surface area (Å²) >= 11 is 0. The number of hydrogen-bond donors (Lipinski definition) is 3. The summed E-state index contributed by atoms with van der Waals surface area (Å²) in [7, 11) is 0. The number of nitrogens with one attached hydrogen (secondary N) is 1. The molecular weight excluding hydrogens is 488 g/mol. The quantitative estimate of drug-likeness (QED) is 0.0790. The molecule has 0 bridgehead atoms. The molecular formula is C27H28F4N4O2. The molecule has 5 N–H and O–H groups in total. The summed E-state index contributed by atoms with van der Waals surface area (Å²) < 4.78 is 57.2. The summed E-state index contributed by atoms with van der Waals surface area (Å²) in [5.41, 5.74) is 8.21. The number of aromatic amines is 1. The van der Waals surface area contributed by atoms with Gasteiger partial charge in [-0.3, -0.25) is 4.79 Å². The van der Waals surface area contributed by atoms with E-state index in [1.807, 2.05) is 24.3 Å². The molecule has 196 valence electrons. The lowest BCUT2D eigenvalue weighted by Crippen LogP contribution is -2.27. The van der Waals surface area contributed by atoms with E-state index >= 15 is 4.39 Å². The number of pyridine rings is 1. The van der Waals surface area contributed by atoms with E-state index in [2.05, 4.69) is 10.1 Å². The van der Waals surface area contributed by atoms with Gasteiger partial charge in [-0.05, 0) is 67.3 Å². The number of rotatable bonds is 10. The average molecular weight is 517 g/mol. The first kappa shape index (κ1) is 26.2. The Bertz CT molecular complexity index is 1330. The van der Waals surface area contributed by atoms with E-state index in [4.69, 9.17) is 16.3 Å². The molecule has 0 saturated heterocycles. The van der Waals surface area contributed by atoms with Crippen molar-refractivity contribution in [2.24, 2.45) is 16.7 Å². The predicted octanol–water partition coefficient (Wildman–Crippen LogP) is 5.81. The summed E-state index contributed by atoms with van der Waals surface area (Å²) in [6, 6.07) is 13.6. The average Bonchev–Trinajstić information content (AvgIpc) is 3.70. The van der Waals surface area contributed by atoms with Crippen LogP contribution in [0.1, 0.15) is 55.6 Å². The zero-order valence-electron chi connectivity index (χ0n) is 20.1. The maximum atomic E-state index is 15.0. The lowest BCUT2D eigenvalue weighted by atomic mass is 9.96. The number of unbranched alkanes of at least 4 members (excludes halogenated alkanes) is 2. The van der Waals surface area contributed by atoms with E-state index in [0.29, 0.717) is 29.9 Å². The normalized spacial score (nSPS) is 14.1. The van der Waals surface area contributed by atoms with Crippen molar-refractivity contribution in [2.75, 3.05) is 6.61 Å². The molecule has 1 aliphatic carbocycles. The Balaban J connectivity index is 1.55. The van der Waals surface area contributed by atoms with Crippen LogP contribution in [-0.4, -0.2) is 23.6 Å². The molecule has 1 aromatic heterocycles. The molecule has 3 aromatic rings. The van der Waals surface area contributed by atoms with Gasteiger partial charge in [-0.1, -0.05) is 24.3 Å². The van der Waals surface area contributed by atoms with Gasteiger partial charge in [0.05, 0.1) is 17.9 Å². The van der Waals surface area contributed by atoms with Crippen molar-refractivity contribution in [3.63, 3.8) is 0 Å². The molecule has 0 amide bonds. The molecule has 1 saturated carbocycles. The molecule has 4 rings (SSSR count). The van der Waals surface area contributed by atoms with Crippen LogP contribution in [0.2, 0.25) is 0 Å². The summed E-state index contributed by atoms with van der Waals surface area (Å²) in [6.45, 7) is 0.168. The maximum Gasteiger partial charge on any atom is 0.389 e. The molecule has 0 aliphatic heterocycles. The van der Waals surface area contributed by atoms with Gasteiger partial charge in [0.2, 0.25) is 0 Å². The van der Waals surface area contributed by atoms with Gasteiger partial charge in [0.25, 0.3) is 5.56 Å². The lowest BCUT2D eigenvalue weighted by Gasteiger charge is -2.13. The number of halogens is 4. The summed E-state index contributed by atoms with van der Waals surface area (Å²) in [4.78, 5) is 15.6. The van der Waals surface area contributed by atoms with E-state index < -0.39 is 24.0 Å². The van der Waals surface area contributed by atoms with Gasteiger partial charge >= 0.3 is 6.18 Å². The molecule has 0 radical (unpaired) electrons. The molecule has 6 nitrogen and oxygen atoms in total. The Morgan fingerprint density at radius 3 is 2.38 bits per heavy atom. The fourth-order valence-corrected chi connectivity index (χ4v) is 4.20. The molecule has 0 atom stereocenters. The van der Waals surface area contributed by atoms with Gasteiger partial charge in [0.15, 0.2) is 5.84 Å². The van der Waals surface area contributed by atoms with Crippen LogP contribution in [0.3, 0.4) is 0 Å². The maximum absolute atomic E-state index is 15.0. The Labute approximate surface area is 211 Å². The molecule has 2 aromatic carbocycles.